The van der Waals surface area contributed by atoms with Crippen molar-refractivity contribution in [1.29, 1.82) is 0 Å². The summed E-state index contributed by atoms with van der Waals surface area (Å²) in [6.45, 7) is 4.78. The molecule has 0 radical (unpaired) electrons. The predicted octanol–water partition coefficient (Wildman–Crippen LogP) is -0.386. The number of carbonyl (C=O) groups is 2. The summed E-state index contributed by atoms with van der Waals surface area (Å²) in [5.74, 6) is -0.681. The molecule has 4 heteroatoms. The van der Waals surface area contributed by atoms with Gasteiger partial charge in [0.25, 0.3) is 0 Å². The first-order chi connectivity index (χ1) is 3.68. The Labute approximate surface area is 65.2 Å². The Hall–Kier alpha value is -0.523. The molecule has 0 aromatic carbocycles. The summed E-state index contributed by atoms with van der Waals surface area (Å²) in [4.78, 5) is 19.6. The molecule has 0 saturated heterocycles. The molecule has 0 bridgehead atoms. The van der Waals surface area contributed by atoms with Crippen LogP contribution in [0.5, 0.6) is 0 Å². The van der Waals surface area contributed by atoms with E-state index in [9.17, 15) is 9.59 Å². The molecule has 0 atom stereocenters. The third kappa shape index (κ3) is 5.35. The number of carbonyl (C=O) groups excluding carboxylic acids is 2. The molecule has 0 aromatic rings. The van der Waals surface area contributed by atoms with Crippen molar-refractivity contribution in [3.63, 3.8) is 0 Å². The number of hydrogen-bond donors (Lipinski definition) is 0. The topological polar surface area (TPSA) is 43.4 Å². The number of esters is 1. The first-order valence-corrected chi connectivity index (χ1v) is 1.98. The SMILES string of the molecule is C=C(C)C(=O)OC=O.[LiH]. The zero-order chi connectivity index (χ0) is 6.57. The second-order valence-corrected chi connectivity index (χ2v) is 1.28. The molecule has 0 rings (SSSR count). The van der Waals surface area contributed by atoms with Crippen LogP contribution in [-0.4, -0.2) is 31.3 Å². The maximum atomic E-state index is 10.2. The van der Waals surface area contributed by atoms with E-state index >= 15 is 0 Å². The summed E-state index contributed by atoms with van der Waals surface area (Å²) >= 11 is 0. The van der Waals surface area contributed by atoms with Crippen LogP contribution in [0.1, 0.15) is 6.92 Å². The summed E-state index contributed by atoms with van der Waals surface area (Å²) in [5.41, 5.74) is 0.220. The van der Waals surface area contributed by atoms with Crippen LogP contribution in [0.2, 0.25) is 0 Å². The van der Waals surface area contributed by atoms with Crippen molar-refractivity contribution < 1.29 is 14.3 Å². The fourth-order valence-electron chi connectivity index (χ4n) is 0.144. The van der Waals surface area contributed by atoms with E-state index < -0.39 is 5.97 Å². The molecule has 0 heterocycles. The predicted molar refractivity (Wildman–Crippen MR) is 34.1 cm³/mol. The Morgan fingerprint density at radius 1 is 1.67 bits per heavy atom. The van der Waals surface area contributed by atoms with Crippen LogP contribution in [0.25, 0.3) is 0 Å². The van der Waals surface area contributed by atoms with Gasteiger partial charge in [0.1, 0.15) is 0 Å². The van der Waals surface area contributed by atoms with Crippen molar-refractivity contribution in [2.75, 3.05) is 0 Å². The van der Waals surface area contributed by atoms with Gasteiger partial charge in [-0.1, -0.05) is 6.58 Å². The average molecular weight is 122 g/mol. The fraction of sp³-hybridized carbons (Fsp3) is 0.200. The first-order valence-electron chi connectivity index (χ1n) is 1.98. The van der Waals surface area contributed by atoms with E-state index in [4.69, 9.17) is 0 Å². The van der Waals surface area contributed by atoms with Crippen molar-refractivity contribution in [2.24, 2.45) is 0 Å². The van der Waals surface area contributed by atoms with Crippen LogP contribution in [0.3, 0.4) is 0 Å². The average Bonchev–Trinajstić information content (AvgIpc) is 1.67. The monoisotopic (exact) mass is 122 g/mol. The molecule has 0 saturated carbocycles. The summed E-state index contributed by atoms with van der Waals surface area (Å²) in [5, 5.41) is 0. The normalized spacial score (nSPS) is 6.78. The van der Waals surface area contributed by atoms with Crippen LogP contribution >= 0.6 is 0 Å². The Morgan fingerprint density at radius 2 is 2.11 bits per heavy atom. The fourth-order valence-corrected chi connectivity index (χ4v) is 0.144. The molecule has 0 aromatic heterocycles. The Balaban J connectivity index is 0. The van der Waals surface area contributed by atoms with Gasteiger partial charge in [0, 0.05) is 5.57 Å². The van der Waals surface area contributed by atoms with Crippen LogP contribution < -0.4 is 0 Å². The van der Waals surface area contributed by atoms with Gasteiger partial charge in [0.2, 0.25) is 0 Å². The summed E-state index contributed by atoms with van der Waals surface area (Å²) in [6.07, 6.45) is 0. The van der Waals surface area contributed by atoms with Gasteiger partial charge in [0.05, 0.1) is 0 Å². The molecule has 0 aliphatic rings. The van der Waals surface area contributed by atoms with Gasteiger partial charge in [-0.05, 0) is 6.92 Å². The molecule has 0 aliphatic carbocycles. The second kappa shape index (κ2) is 5.61. The van der Waals surface area contributed by atoms with E-state index in [0.29, 0.717) is 0 Å². The number of hydrogen-bond acceptors (Lipinski definition) is 3. The minimum absolute atomic E-state index is 0. The van der Waals surface area contributed by atoms with E-state index in [1.54, 1.807) is 0 Å². The van der Waals surface area contributed by atoms with Crippen LogP contribution in [0, 0.1) is 0 Å². The van der Waals surface area contributed by atoms with E-state index in [2.05, 4.69) is 11.3 Å². The van der Waals surface area contributed by atoms with Gasteiger partial charge >= 0.3 is 31.3 Å². The summed E-state index contributed by atoms with van der Waals surface area (Å²) < 4.78 is 3.88. The molecule has 9 heavy (non-hydrogen) atoms. The third-order valence-electron chi connectivity index (χ3n) is 0.504. The molecule has 0 spiro atoms. The van der Waals surface area contributed by atoms with E-state index in [-0.39, 0.29) is 30.9 Å². The molecule has 0 amide bonds. The van der Waals surface area contributed by atoms with Gasteiger partial charge in [-0.2, -0.15) is 0 Å². The minimum atomic E-state index is -0.681. The quantitative estimate of drug-likeness (QED) is 0.165. The molecule has 3 nitrogen and oxygen atoms in total. The van der Waals surface area contributed by atoms with Gasteiger partial charge in [-0.3, -0.25) is 4.79 Å². The molecule has 0 aliphatic heterocycles. The van der Waals surface area contributed by atoms with Crippen molar-refractivity contribution in [3.8, 4) is 0 Å². The maximum absolute atomic E-state index is 10.2. The van der Waals surface area contributed by atoms with Gasteiger partial charge in [-0.15, -0.1) is 0 Å². The zero-order valence-electron chi connectivity index (χ0n) is 4.51. The molecular formula is C5H7LiO3. The number of ether oxygens (including phenoxy) is 1. The Morgan fingerprint density at radius 3 is 2.22 bits per heavy atom. The van der Waals surface area contributed by atoms with Crippen molar-refractivity contribution in [3.05, 3.63) is 12.2 Å². The van der Waals surface area contributed by atoms with Gasteiger partial charge in [0.15, 0.2) is 0 Å². The van der Waals surface area contributed by atoms with Crippen LogP contribution in [0.4, 0.5) is 0 Å². The second-order valence-electron chi connectivity index (χ2n) is 1.28. The standard InChI is InChI=1S/C5H6O3.Li.H/c1-4(2)5(7)8-3-6;;/h3H,1H2,2H3;;. The van der Waals surface area contributed by atoms with E-state index in [1.165, 1.54) is 6.92 Å². The molecular weight excluding hydrogens is 115 g/mol. The summed E-state index contributed by atoms with van der Waals surface area (Å²) in [7, 11) is 0. The Kier molecular flexibility index (Phi) is 7.04. The van der Waals surface area contributed by atoms with Gasteiger partial charge in [-0.25, -0.2) is 4.79 Å². The van der Waals surface area contributed by atoms with E-state index in [1.807, 2.05) is 0 Å². The number of rotatable bonds is 2. The van der Waals surface area contributed by atoms with Gasteiger partial charge < -0.3 is 4.74 Å². The van der Waals surface area contributed by atoms with Crippen molar-refractivity contribution in [2.45, 2.75) is 6.92 Å². The third-order valence-corrected chi connectivity index (χ3v) is 0.504. The molecule has 0 N–H and O–H groups in total. The van der Waals surface area contributed by atoms with Crippen LogP contribution in [0.15, 0.2) is 12.2 Å². The molecule has 0 fully saturated rings. The van der Waals surface area contributed by atoms with Crippen molar-refractivity contribution >= 4 is 31.3 Å². The molecule has 0 unspecified atom stereocenters. The van der Waals surface area contributed by atoms with E-state index in [0.717, 1.165) is 0 Å². The molecule has 46 valence electrons. The first kappa shape index (κ1) is 11.3. The van der Waals surface area contributed by atoms with Crippen LogP contribution in [-0.2, 0) is 14.3 Å². The Bertz CT molecular complexity index is 130. The van der Waals surface area contributed by atoms with Crippen molar-refractivity contribution in [1.82, 2.24) is 0 Å². The zero-order valence-corrected chi connectivity index (χ0v) is 4.51. The summed E-state index contributed by atoms with van der Waals surface area (Å²) in [6, 6.07) is 0.